The number of para-hydroxylation sites is 1. The Morgan fingerprint density at radius 1 is 0.941 bits per heavy atom. The summed E-state index contributed by atoms with van der Waals surface area (Å²) < 4.78 is 24.2. The van der Waals surface area contributed by atoms with E-state index in [0.29, 0.717) is 16.7 Å². The van der Waals surface area contributed by atoms with Gasteiger partial charge in [-0.25, -0.2) is 28.4 Å². The Labute approximate surface area is 197 Å². The highest BCUT2D eigenvalue weighted by Gasteiger charge is 2.13. The Morgan fingerprint density at radius 2 is 1.76 bits per heavy atom. The number of hydrogen-bond acceptors (Lipinski definition) is 8. The second-order valence-electron chi connectivity index (χ2n) is 7.69. The van der Waals surface area contributed by atoms with Crippen LogP contribution >= 0.6 is 0 Å². The zero-order chi connectivity index (χ0) is 23.7. The molecule has 2 N–H and O–H groups in total. The van der Waals surface area contributed by atoms with E-state index >= 15 is 0 Å². The fraction of sp³-hybridized carbons (Fsp3) is 0.120. The van der Waals surface area contributed by atoms with Crippen molar-refractivity contribution in [2.24, 2.45) is 0 Å². The highest BCUT2D eigenvalue weighted by Crippen LogP contribution is 2.32. The van der Waals surface area contributed by atoms with E-state index in [0.717, 1.165) is 38.6 Å². The molecule has 0 bridgehead atoms. The van der Waals surface area contributed by atoms with E-state index < -0.39 is 9.84 Å². The number of hydrogen-bond donors (Lipinski definition) is 2. The number of anilines is 3. The number of benzene rings is 3. The van der Waals surface area contributed by atoms with Crippen molar-refractivity contribution in [3.8, 4) is 11.1 Å². The molecule has 0 amide bonds. The molecule has 170 valence electrons. The van der Waals surface area contributed by atoms with Gasteiger partial charge in [-0.1, -0.05) is 25.1 Å². The molecule has 0 unspecified atom stereocenters. The Balaban J connectivity index is 1.53. The predicted molar refractivity (Wildman–Crippen MR) is 135 cm³/mol. The second kappa shape index (κ2) is 8.68. The van der Waals surface area contributed by atoms with E-state index in [1.807, 2.05) is 36.4 Å². The van der Waals surface area contributed by atoms with E-state index in [2.05, 4.69) is 30.6 Å². The van der Waals surface area contributed by atoms with E-state index in [-0.39, 0.29) is 5.75 Å². The molecule has 34 heavy (non-hydrogen) atoms. The van der Waals surface area contributed by atoms with Crippen molar-refractivity contribution in [3.63, 3.8) is 0 Å². The van der Waals surface area contributed by atoms with Gasteiger partial charge in [0.1, 0.15) is 12.1 Å². The molecule has 0 fully saturated rings. The minimum Gasteiger partial charge on any atom is -0.357 e. The van der Waals surface area contributed by atoms with Crippen LogP contribution in [0.3, 0.4) is 0 Å². The monoisotopic (exact) mass is 470 g/mol. The molecular formula is C25H22N6O2S. The number of fused-ring (bicyclic) bond motifs is 2. The lowest BCUT2D eigenvalue weighted by Crippen LogP contribution is -2.03. The van der Waals surface area contributed by atoms with Gasteiger partial charge >= 0.3 is 0 Å². The zero-order valence-electron chi connectivity index (χ0n) is 18.6. The smallest absolute Gasteiger partial charge is 0.222 e. The van der Waals surface area contributed by atoms with Crippen LogP contribution in [0.15, 0.2) is 78.1 Å². The third-order valence-electron chi connectivity index (χ3n) is 5.64. The van der Waals surface area contributed by atoms with Crippen LogP contribution in [0.4, 0.5) is 17.5 Å². The Bertz CT molecular complexity index is 1620. The van der Waals surface area contributed by atoms with Gasteiger partial charge in [-0.2, -0.15) is 0 Å². The van der Waals surface area contributed by atoms with Gasteiger partial charge in [0.2, 0.25) is 5.95 Å². The van der Waals surface area contributed by atoms with Crippen molar-refractivity contribution in [1.29, 1.82) is 0 Å². The predicted octanol–water partition coefficient (Wildman–Crippen LogP) is 4.82. The maximum atomic E-state index is 12.1. The summed E-state index contributed by atoms with van der Waals surface area (Å²) >= 11 is 0. The van der Waals surface area contributed by atoms with Gasteiger partial charge < -0.3 is 10.6 Å². The summed E-state index contributed by atoms with van der Waals surface area (Å²) in [4.78, 5) is 18.1. The highest BCUT2D eigenvalue weighted by molar-refractivity contribution is 7.91. The van der Waals surface area contributed by atoms with Crippen LogP contribution < -0.4 is 10.6 Å². The van der Waals surface area contributed by atoms with Crippen molar-refractivity contribution >= 4 is 49.1 Å². The van der Waals surface area contributed by atoms with Gasteiger partial charge in [-0.05, 0) is 48.0 Å². The van der Waals surface area contributed by atoms with Gasteiger partial charge in [0, 0.05) is 35.3 Å². The van der Waals surface area contributed by atoms with Crippen molar-refractivity contribution < 1.29 is 8.42 Å². The molecule has 0 aliphatic rings. The van der Waals surface area contributed by atoms with E-state index in [4.69, 9.17) is 0 Å². The molecule has 0 radical (unpaired) electrons. The van der Waals surface area contributed by atoms with E-state index in [1.54, 1.807) is 44.4 Å². The van der Waals surface area contributed by atoms with Gasteiger partial charge in [0.05, 0.1) is 21.7 Å². The first-order valence-electron chi connectivity index (χ1n) is 10.8. The maximum absolute atomic E-state index is 12.1. The zero-order valence-corrected chi connectivity index (χ0v) is 19.5. The number of aromatic nitrogens is 4. The molecule has 5 rings (SSSR count). The molecule has 0 saturated carbocycles. The highest BCUT2D eigenvalue weighted by atomic mass is 32.2. The van der Waals surface area contributed by atoms with Crippen molar-refractivity contribution in [2.45, 2.75) is 11.8 Å². The largest absolute Gasteiger partial charge is 0.357 e. The summed E-state index contributed by atoms with van der Waals surface area (Å²) in [5.74, 6) is 1.28. The van der Waals surface area contributed by atoms with Crippen LogP contribution in [-0.2, 0) is 9.84 Å². The minimum atomic E-state index is -3.24. The normalized spacial score (nSPS) is 11.6. The molecular weight excluding hydrogens is 448 g/mol. The Hall–Kier alpha value is -4.11. The molecule has 0 aliphatic carbocycles. The average molecular weight is 471 g/mol. The second-order valence-corrected chi connectivity index (χ2v) is 9.97. The lowest BCUT2D eigenvalue weighted by Gasteiger charge is -2.12. The number of sulfone groups is 1. The summed E-state index contributed by atoms with van der Waals surface area (Å²) in [6.45, 7) is 1.63. The van der Waals surface area contributed by atoms with Crippen LogP contribution in [0.25, 0.3) is 32.9 Å². The SMILES string of the molecule is CCS(=O)(=O)c1ccc(Nc2ncnc3c(-c4ccc5nc(NC)ncc5c4)cccc23)cc1. The summed E-state index contributed by atoms with van der Waals surface area (Å²) in [6.07, 6.45) is 3.32. The lowest BCUT2D eigenvalue weighted by atomic mass is 10.0. The Kier molecular flexibility index (Phi) is 5.54. The molecule has 2 heterocycles. The van der Waals surface area contributed by atoms with Gasteiger partial charge in [0.15, 0.2) is 9.84 Å². The third kappa shape index (κ3) is 4.01. The molecule has 0 aliphatic heterocycles. The van der Waals surface area contributed by atoms with Crippen molar-refractivity contribution in [3.05, 3.63) is 73.2 Å². The first kappa shape index (κ1) is 21.7. The summed E-state index contributed by atoms with van der Waals surface area (Å²) in [6, 6.07) is 18.7. The molecule has 8 nitrogen and oxygen atoms in total. The first-order chi connectivity index (χ1) is 16.5. The van der Waals surface area contributed by atoms with Crippen LogP contribution in [0.5, 0.6) is 0 Å². The fourth-order valence-electron chi connectivity index (χ4n) is 3.79. The number of nitrogens with one attached hydrogen (secondary N) is 2. The molecule has 3 aromatic carbocycles. The Morgan fingerprint density at radius 3 is 2.53 bits per heavy atom. The molecule has 0 atom stereocenters. The topological polar surface area (TPSA) is 110 Å². The molecule has 2 aromatic heterocycles. The van der Waals surface area contributed by atoms with E-state index in [9.17, 15) is 8.42 Å². The van der Waals surface area contributed by atoms with Crippen molar-refractivity contribution in [2.75, 3.05) is 23.4 Å². The number of nitrogens with zero attached hydrogens (tertiary/aromatic N) is 4. The van der Waals surface area contributed by atoms with E-state index in [1.165, 1.54) is 6.33 Å². The minimum absolute atomic E-state index is 0.0661. The maximum Gasteiger partial charge on any atom is 0.222 e. The fourth-order valence-corrected chi connectivity index (χ4v) is 4.67. The van der Waals surface area contributed by atoms with Gasteiger partial charge in [-0.15, -0.1) is 0 Å². The van der Waals surface area contributed by atoms with Gasteiger partial charge in [-0.3, -0.25) is 0 Å². The molecule has 5 aromatic rings. The average Bonchev–Trinajstić information content (AvgIpc) is 2.88. The first-order valence-corrected chi connectivity index (χ1v) is 12.4. The third-order valence-corrected chi connectivity index (χ3v) is 7.39. The molecule has 9 heteroatoms. The quantitative estimate of drug-likeness (QED) is 0.364. The molecule has 0 saturated heterocycles. The molecule has 0 spiro atoms. The lowest BCUT2D eigenvalue weighted by molar-refractivity contribution is 0.597. The van der Waals surface area contributed by atoms with Crippen LogP contribution in [-0.4, -0.2) is 41.2 Å². The summed E-state index contributed by atoms with van der Waals surface area (Å²) in [5.41, 5.74) is 4.36. The summed E-state index contributed by atoms with van der Waals surface area (Å²) in [5, 5.41) is 8.03. The van der Waals surface area contributed by atoms with Crippen LogP contribution in [0.2, 0.25) is 0 Å². The van der Waals surface area contributed by atoms with Gasteiger partial charge in [0.25, 0.3) is 0 Å². The van der Waals surface area contributed by atoms with Crippen LogP contribution in [0.1, 0.15) is 6.92 Å². The summed E-state index contributed by atoms with van der Waals surface area (Å²) in [7, 11) is -1.45. The van der Waals surface area contributed by atoms with Crippen molar-refractivity contribution in [1.82, 2.24) is 19.9 Å². The standard InChI is InChI=1S/C25H22N6O2S/c1-3-34(32,33)19-10-8-18(9-11-19)30-24-21-6-4-5-20(23(21)28-15-29-24)16-7-12-22-17(13-16)14-27-25(26-2)31-22/h4-15H,3H2,1-2H3,(H,26,27,31)(H,28,29,30). The number of rotatable bonds is 6. The van der Waals surface area contributed by atoms with Crippen LogP contribution in [0, 0.1) is 0 Å².